The zero-order valence-corrected chi connectivity index (χ0v) is 15.5. The molecule has 0 amide bonds. The monoisotopic (exact) mass is 406 g/mol. The first kappa shape index (κ1) is 21.3. The Hall–Kier alpha value is -2.00. The molecule has 1 aromatic heterocycles. The van der Waals surface area contributed by atoms with Crippen molar-refractivity contribution in [2.75, 3.05) is 5.32 Å². The van der Waals surface area contributed by atoms with Gasteiger partial charge in [0, 0.05) is 23.3 Å². The van der Waals surface area contributed by atoms with Crippen molar-refractivity contribution < 1.29 is 17.6 Å². The third-order valence-electron chi connectivity index (χ3n) is 4.86. The van der Waals surface area contributed by atoms with Gasteiger partial charge in [-0.25, -0.2) is 9.89 Å². The smallest absolute Gasteiger partial charge is 0.388 e. The summed E-state index contributed by atoms with van der Waals surface area (Å²) in [4.78, 5) is 11.1. The Kier molecular flexibility index (Phi) is 6.59. The largest absolute Gasteiger partial charge is 0.434 e. The SMILES string of the molecule is C[C@H](Nc1cc(-c2n[nH]c(=O)o2)ccc1C(F)(F)F)[C@@H]1CCC[C@H](N)C1.Cl. The third-order valence-corrected chi connectivity index (χ3v) is 4.86. The van der Waals surface area contributed by atoms with Crippen LogP contribution >= 0.6 is 12.4 Å². The molecule has 1 aliphatic rings. The number of alkyl halides is 3. The molecular formula is C17H22ClF3N4O2. The lowest BCUT2D eigenvalue weighted by atomic mass is 9.82. The Morgan fingerprint density at radius 2 is 2.11 bits per heavy atom. The van der Waals surface area contributed by atoms with Gasteiger partial charge in [-0.1, -0.05) is 6.42 Å². The van der Waals surface area contributed by atoms with Crippen molar-refractivity contribution in [3.63, 3.8) is 0 Å². The van der Waals surface area contributed by atoms with E-state index in [1.807, 2.05) is 6.92 Å². The number of hydrogen-bond donors (Lipinski definition) is 3. The molecule has 0 aliphatic heterocycles. The normalized spacial score (nSPS) is 21.4. The fourth-order valence-electron chi connectivity index (χ4n) is 3.48. The first-order chi connectivity index (χ1) is 12.2. The van der Waals surface area contributed by atoms with Crippen molar-refractivity contribution in [1.82, 2.24) is 10.2 Å². The minimum absolute atomic E-state index is 0. The number of nitrogens with one attached hydrogen (secondary N) is 2. The zero-order valence-electron chi connectivity index (χ0n) is 14.7. The molecule has 0 bridgehead atoms. The molecule has 3 atom stereocenters. The Bertz CT molecular complexity index is 821. The first-order valence-electron chi connectivity index (χ1n) is 8.53. The summed E-state index contributed by atoms with van der Waals surface area (Å²) in [5, 5.41) is 8.76. The number of nitrogens with zero attached hydrogens (tertiary/aromatic N) is 1. The molecule has 0 spiro atoms. The van der Waals surface area contributed by atoms with E-state index in [-0.39, 0.29) is 47.6 Å². The van der Waals surface area contributed by atoms with Gasteiger partial charge in [0.25, 0.3) is 0 Å². The van der Waals surface area contributed by atoms with Gasteiger partial charge < -0.3 is 15.5 Å². The Morgan fingerprint density at radius 1 is 1.37 bits per heavy atom. The summed E-state index contributed by atoms with van der Waals surface area (Å²) >= 11 is 0. The standard InChI is InChI=1S/C17H21F3N4O2.ClH/c1-9(10-3-2-4-12(21)7-10)22-14-8-11(15-23-24-16(25)26-15)5-6-13(14)17(18,19)20;/h5-6,8-10,12,22H,2-4,7,21H2,1H3,(H,24,25);1H/t9-,10+,12-;/m0./s1. The molecule has 1 fully saturated rings. The second-order valence-electron chi connectivity index (χ2n) is 6.80. The predicted molar refractivity (Wildman–Crippen MR) is 97.8 cm³/mol. The topological polar surface area (TPSA) is 96.9 Å². The fraction of sp³-hybridized carbons (Fsp3) is 0.529. The minimum atomic E-state index is -4.50. The van der Waals surface area contributed by atoms with Gasteiger partial charge >= 0.3 is 11.9 Å². The van der Waals surface area contributed by atoms with Gasteiger partial charge in [0.05, 0.1) is 5.56 Å². The van der Waals surface area contributed by atoms with Crippen LogP contribution in [-0.4, -0.2) is 22.3 Å². The average Bonchev–Trinajstić information content (AvgIpc) is 3.00. The van der Waals surface area contributed by atoms with Crippen LogP contribution in [0.5, 0.6) is 0 Å². The van der Waals surface area contributed by atoms with Crippen LogP contribution in [0.15, 0.2) is 27.4 Å². The maximum atomic E-state index is 13.4. The molecule has 1 saturated carbocycles. The molecule has 1 aromatic carbocycles. The first-order valence-corrected chi connectivity index (χ1v) is 8.53. The van der Waals surface area contributed by atoms with Gasteiger partial charge in [0.2, 0.25) is 5.89 Å². The minimum Gasteiger partial charge on any atom is -0.388 e. The van der Waals surface area contributed by atoms with E-state index in [0.29, 0.717) is 0 Å². The van der Waals surface area contributed by atoms with Crippen LogP contribution in [0, 0.1) is 5.92 Å². The number of aromatic amines is 1. The number of anilines is 1. The van der Waals surface area contributed by atoms with E-state index in [4.69, 9.17) is 10.2 Å². The number of rotatable bonds is 4. The lowest BCUT2D eigenvalue weighted by molar-refractivity contribution is -0.137. The predicted octanol–water partition coefficient (Wildman–Crippen LogP) is 3.79. The summed E-state index contributed by atoms with van der Waals surface area (Å²) in [6.07, 6.45) is -0.871. The molecule has 1 aliphatic carbocycles. The van der Waals surface area contributed by atoms with Gasteiger partial charge in [-0.3, -0.25) is 0 Å². The molecule has 1 heterocycles. The van der Waals surface area contributed by atoms with Crippen LogP contribution in [0.2, 0.25) is 0 Å². The summed E-state index contributed by atoms with van der Waals surface area (Å²) in [5.41, 5.74) is 5.45. The summed E-state index contributed by atoms with van der Waals surface area (Å²) in [7, 11) is 0. The molecule has 0 saturated heterocycles. The molecule has 0 unspecified atom stereocenters. The van der Waals surface area contributed by atoms with Crippen LogP contribution in [0.25, 0.3) is 11.5 Å². The van der Waals surface area contributed by atoms with E-state index in [1.165, 1.54) is 12.1 Å². The van der Waals surface area contributed by atoms with Gasteiger partial charge in [0.1, 0.15) is 0 Å². The highest BCUT2D eigenvalue weighted by molar-refractivity contribution is 5.85. The molecule has 3 rings (SSSR count). The number of hydrogen-bond acceptors (Lipinski definition) is 5. The molecule has 150 valence electrons. The molecule has 4 N–H and O–H groups in total. The molecule has 0 radical (unpaired) electrons. The van der Waals surface area contributed by atoms with Crippen molar-refractivity contribution in [2.24, 2.45) is 11.7 Å². The average molecular weight is 407 g/mol. The van der Waals surface area contributed by atoms with Crippen molar-refractivity contribution in [3.05, 3.63) is 34.3 Å². The van der Waals surface area contributed by atoms with Crippen LogP contribution in [-0.2, 0) is 6.18 Å². The fourth-order valence-corrected chi connectivity index (χ4v) is 3.48. The van der Waals surface area contributed by atoms with Crippen LogP contribution in [0.1, 0.15) is 38.2 Å². The summed E-state index contributed by atoms with van der Waals surface area (Å²) < 4.78 is 45.0. The lowest BCUT2D eigenvalue weighted by Crippen LogP contribution is -2.36. The van der Waals surface area contributed by atoms with E-state index < -0.39 is 17.5 Å². The van der Waals surface area contributed by atoms with E-state index >= 15 is 0 Å². The van der Waals surface area contributed by atoms with E-state index in [9.17, 15) is 18.0 Å². The van der Waals surface area contributed by atoms with E-state index in [1.54, 1.807) is 0 Å². The summed E-state index contributed by atoms with van der Waals surface area (Å²) in [6, 6.07) is 3.41. The molecule has 2 aromatic rings. The third kappa shape index (κ3) is 5.04. The van der Waals surface area contributed by atoms with Crippen molar-refractivity contribution in [1.29, 1.82) is 0 Å². The highest BCUT2D eigenvalue weighted by Crippen LogP contribution is 2.38. The molecular weight excluding hydrogens is 385 g/mol. The van der Waals surface area contributed by atoms with Crippen LogP contribution in [0.4, 0.5) is 18.9 Å². The second kappa shape index (κ2) is 8.35. The number of nitrogens with two attached hydrogens (primary N) is 1. The number of halogens is 4. The van der Waals surface area contributed by atoms with Gasteiger partial charge in [-0.2, -0.15) is 13.2 Å². The number of aromatic nitrogens is 2. The van der Waals surface area contributed by atoms with Crippen molar-refractivity contribution in [3.8, 4) is 11.5 Å². The summed E-state index contributed by atoms with van der Waals surface area (Å²) in [5.74, 6) is -0.620. The van der Waals surface area contributed by atoms with Crippen molar-refractivity contribution >= 4 is 18.1 Å². The lowest BCUT2D eigenvalue weighted by Gasteiger charge is -2.32. The van der Waals surface area contributed by atoms with E-state index in [2.05, 4.69) is 15.5 Å². The highest BCUT2D eigenvalue weighted by Gasteiger charge is 2.35. The zero-order chi connectivity index (χ0) is 18.9. The maximum Gasteiger partial charge on any atom is 0.434 e. The highest BCUT2D eigenvalue weighted by atomic mass is 35.5. The Balaban J connectivity index is 0.00000261. The van der Waals surface area contributed by atoms with Gasteiger partial charge in [-0.15, -0.1) is 17.5 Å². The number of H-pyrrole nitrogens is 1. The van der Waals surface area contributed by atoms with Crippen LogP contribution in [0.3, 0.4) is 0 Å². The quantitative estimate of drug-likeness (QED) is 0.717. The van der Waals surface area contributed by atoms with Gasteiger partial charge in [0.15, 0.2) is 0 Å². The Morgan fingerprint density at radius 3 is 2.70 bits per heavy atom. The second-order valence-corrected chi connectivity index (χ2v) is 6.80. The van der Waals surface area contributed by atoms with Crippen LogP contribution < -0.4 is 16.8 Å². The maximum absolute atomic E-state index is 13.4. The molecule has 10 heteroatoms. The van der Waals surface area contributed by atoms with Crippen molar-refractivity contribution in [2.45, 2.75) is 50.9 Å². The Labute approximate surface area is 160 Å². The van der Waals surface area contributed by atoms with Gasteiger partial charge in [-0.05, 0) is 50.3 Å². The molecule has 6 nitrogen and oxygen atoms in total. The number of benzene rings is 1. The summed E-state index contributed by atoms with van der Waals surface area (Å²) in [6.45, 7) is 1.87. The molecule has 27 heavy (non-hydrogen) atoms. The van der Waals surface area contributed by atoms with E-state index in [0.717, 1.165) is 31.7 Å².